The molecular formula is C26H19F7N2O2. The highest BCUT2D eigenvalue weighted by Crippen LogP contribution is 2.47. The maximum Gasteiger partial charge on any atom is 0.420 e. The Kier molecular flexibility index (Phi) is 6.66. The van der Waals surface area contributed by atoms with E-state index in [0.29, 0.717) is 23.0 Å². The molecule has 0 aliphatic heterocycles. The molecule has 0 saturated heterocycles. The number of ether oxygens (including phenoxy) is 1. The third-order valence-corrected chi connectivity index (χ3v) is 5.57. The second-order valence-corrected chi connectivity index (χ2v) is 8.57. The van der Waals surface area contributed by atoms with E-state index in [9.17, 15) is 35.5 Å². The Morgan fingerprint density at radius 2 is 1.57 bits per heavy atom. The van der Waals surface area contributed by atoms with Crippen LogP contribution in [-0.4, -0.2) is 10.9 Å². The lowest BCUT2D eigenvalue weighted by Gasteiger charge is -2.21. The molecule has 0 saturated carbocycles. The molecule has 0 radical (unpaired) electrons. The van der Waals surface area contributed by atoms with Gasteiger partial charge in [0.15, 0.2) is 5.75 Å². The van der Waals surface area contributed by atoms with E-state index in [4.69, 9.17) is 4.74 Å². The maximum atomic E-state index is 14.0. The van der Waals surface area contributed by atoms with Crippen LogP contribution < -0.4 is 10.1 Å². The molecule has 0 bridgehead atoms. The first-order chi connectivity index (χ1) is 17.2. The van der Waals surface area contributed by atoms with E-state index < -0.39 is 46.6 Å². The van der Waals surface area contributed by atoms with Crippen LogP contribution in [0.15, 0.2) is 60.8 Å². The van der Waals surface area contributed by atoms with Crippen LogP contribution >= 0.6 is 0 Å². The smallest absolute Gasteiger partial charge is 0.420 e. The Hall–Kier alpha value is -4.02. The first kappa shape index (κ1) is 26.1. The number of aromatic amines is 1. The Labute approximate surface area is 206 Å². The number of anilines is 1. The molecular weight excluding hydrogens is 505 g/mol. The fourth-order valence-corrected chi connectivity index (χ4v) is 3.85. The van der Waals surface area contributed by atoms with Crippen molar-refractivity contribution in [3.63, 3.8) is 0 Å². The van der Waals surface area contributed by atoms with E-state index in [1.165, 1.54) is 24.3 Å². The molecule has 0 spiro atoms. The highest BCUT2D eigenvalue weighted by Gasteiger charge is 2.43. The Morgan fingerprint density at radius 1 is 0.919 bits per heavy atom. The van der Waals surface area contributed by atoms with E-state index in [1.807, 2.05) is 19.2 Å². The zero-order valence-corrected chi connectivity index (χ0v) is 19.3. The first-order valence-electron chi connectivity index (χ1n) is 10.9. The third-order valence-electron chi connectivity index (χ3n) is 5.57. The number of alkyl halides is 6. The monoisotopic (exact) mass is 524 g/mol. The fourth-order valence-electron chi connectivity index (χ4n) is 3.85. The van der Waals surface area contributed by atoms with Crippen molar-refractivity contribution in [2.24, 2.45) is 0 Å². The van der Waals surface area contributed by atoms with Gasteiger partial charge in [-0.15, -0.1) is 0 Å². The van der Waals surface area contributed by atoms with Gasteiger partial charge in [0.1, 0.15) is 22.7 Å². The van der Waals surface area contributed by atoms with E-state index in [0.717, 1.165) is 23.8 Å². The topological polar surface area (TPSA) is 54.1 Å². The molecule has 1 amide bonds. The quantitative estimate of drug-likeness (QED) is 0.257. The maximum absolute atomic E-state index is 14.0. The summed E-state index contributed by atoms with van der Waals surface area (Å²) in [6.07, 6.45) is -8.83. The number of hydrogen-bond donors (Lipinski definition) is 2. The Bertz CT molecular complexity index is 1440. The van der Waals surface area contributed by atoms with Gasteiger partial charge in [-0.2, -0.15) is 26.3 Å². The fraction of sp³-hybridized carbons (Fsp3) is 0.192. The van der Waals surface area contributed by atoms with E-state index in [2.05, 4.69) is 4.98 Å². The van der Waals surface area contributed by atoms with Crippen LogP contribution in [0.5, 0.6) is 11.5 Å². The van der Waals surface area contributed by atoms with Gasteiger partial charge in [0.25, 0.3) is 5.91 Å². The number of nitrogens with one attached hydrogen (secondary N) is 2. The van der Waals surface area contributed by atoms with Crippen molar-refractivity contribution in [3.8, 4) is 11.5 Å². The molecule has 0 fully saturated rings. The number of carbonyl (C=O) groups excluding carboxylic acids is 1. The minimum Gasteiger partial charge on any atom is -0.456 e. The van der Waals surface area contributed by atoms with Crippen molar-refractivity contribution >= 4 is 22.5 Å². The standard InChI is InChI=1S/C26H19F7N2O2/c1-13(2)19-12-34-22-7-6-17(11-18(19)22)37-23-20(25(28,29)30)9-16(10-21(23)26(31,32)33)35-24(36)14-4-3-5-15(27)8-14/h3-13,34H,1-2H3,(H,35,36). The molecule has 1 heterocycles. The van der Waals surface area contributed by atoms with E-state index in [1.54, 1.807) is 6.20 Å². The number of rotatable bonds is 5. The van der Waals surface area contributed by atoms with Gasteiger partial charge in [-0.1, -0.05) is 19.9 Å². The van der Waals surface area contributed by atoms with E-state index >= 15 is 0 Å². The molecule has 2 N–H and O–H groups in total. The summed E-state index contributed by atoms with van der Waals surface area (Å²) >= 11 is 0. The molecule has 0 unspecified atom stereocenters. The number of hydrogen-bond acceptors (Lipinski definition) is 2. The van der Waals surface area contributed by atoms with Crippen molar-refractivity contribution in [1.29, 1.82) is 0 Å². The van der Waals surface area contributed by atoms with Gasteiger partial charge in [0.2, 0.25) is 0 Å². The first-order valence-corrected chi connectivity index (χ1v) is 10.9. The summed E-state index contributed by atoms with van der Waals surface area (Å²) in [5, 5.41) is 2.57. The number of aromatic nitrogens is 1. The lowest BCUT2D eigenvalue weighted by molar-refractivity contribution is -0.144. The summed E-state index contributed by atoms with van der Waals surface area (Å²) in [4.78, 5) is 15.4. The number of fused-ring (bicyclic) bond motifs is 1. The summed E-state index contributed by atoms with van der Waals surface area (Å²) in [5.74, 6) is -3.55. The van der Waals surface area contributed by atoms with Crippen molar-refractivity contribution in [2.75, 3.05) is 5.32 Å². The molecule has 0 atom stereocenters. The summed E-state index contributed by atoms with van der Waals surface area (Å²) in [6.45, 7) is 3.77. The van der Waals surface area contributed by atoms with Crippen molar-refractivity contribution < 1.29 is 40.3 Å². The zero-order chi connectivity index (χ0) is 27.1. The van der Waals surface area contributed by atoms with Crippen LogP contribution in [0.25, 0.3) is 10.9 Å². The predicted octanol–water partition coefficient (Wildman–Crippen LogP) is 8.51. The molecule has 194 valence electrons. The zero-order valence-electron chi connectivity index (χ0n) is 19.3. The second-order valence-electron chi connectivity index (χ2n) is 8.57. The van der Waals surface area contributed by atoms with Crippen LogP contribution in [0, 0.1) is 5.82 Å². The number of halogens is 7. The molecule has 3 aromatic carbocycles. The van der Waals surface area contributed by atoms with Crippen molar-refractivity contribution in [3.05, 3.63) is 88.9 Å². The van der Waals surface area contributed by atoms with Crippen molar-refractivity contribution in [1.82, 2.24) is 4.98 Å². The number of carbonyl (C=O) groups is 1. The van der Waals surface area contributed by atoms with Crippen LogP contribution in [0.4, 0.5) is 36.4 Å². The minimum absolute atomic E-state index is 0.0291. The predicted molar refractivity (Wildman–Crippen MR) is 123 cm³/mol. The van der Waals surface area contributed by atoms with Crippen molar-refractivity contribution in [2.45, 2.75) is 32.1 Å². The summed E-state index contributed by atoms with van der Waals surface area (Å²) in [5.41, 5.74) is -3.11. The van der Waals surface area contributed by atoms with Crippen LogP contribution in [0.2, 0.25) is 0 Å². The molecule has 11 heteroatoms. The van der Waals surface area contributed by atoms with Gasteiger partial charge < -0.3 is 15.0 Å². The third kappa shape index (κ3) is 5.55. The largest absolute Gasteiger partial charge is 0.456 e. The second kappa shape index (κ2) is 9.45. The SMILES string of the molecule is CC(C)c1c[nH]c2ccc(Oc3c(C(F)(F)F)cc(NC(=O)c4cccc(F)c4)cc3C(F)(F)F)cc12. The van der Waals surface area contributed by atoms with Gasteiger partial charge >= 0.3 is 12.4 Å². The van der Waals surface area contributed by atoms with Gasteiger partial charge in [-0.05, 0) is 60.0 Å². The lowest BCUT2D eigenvalue weighted by atomic mass is 10.0. The Morgan fingerprint density at radius 3 is 2.14 bits per heavy atom. The molecule has 37 heavy (non-hydrogen) atoms. The number of amides is 1. The van der Waals surface area contributed by atoms with Crippen LogP contribution in [0.3, 0.4) is 0 Å². The molecule has 4 nitrogen and oxygen atoms in total. The van der Waals surface area contributed by atoms with Crippen LogP contribution in [0.1, 0.15) is 46.8 Å². The molecule has 0 aliphatic rings. The highest BCUT2D eigenvalue weighted by atomic mass is 19.4. The number of H-pyrrole nitrogens is 1. The summed E-state index contributed by atoms with van der Waals surface area (Å²) in [6, 6.07) is 8.95. The molecule has 1 aromatic heterocycles. The normalized spacial score (nSPS) is 12.3. The van der Waals surface area contributed by atoms with Gasteiger partial charge in [-0.3, -0.25) is 4.79 Å². The minimum atomic E-state index is -5.27. The number of benzene rings is 3. The average molecular weight is 524 g/mol. The lowest BCUT2D eigenvalue weighted by Crippen LogP contribution is -2.17. The highest BCUT2D eigenvalue weighted by molar-refractivity contribution is 6.04. The van der Waals surface area contributed by atoms with Crippen LogP contribution in [-0.2, 0) is 12.4 Å². The van der Waals surface area contributed by atoms with Gasteiger partial charge in [-0.25, -0.2) is 4.39 Å². The summed E-state index contributed by atoms with van der Waals surface area (Å²) < 4.78 is 102. The van der Waals surface area contributed by atoms with Gasteiger partial charge in [0.05, 0.1) is 0 Å². The Balaban J connectivity index is 1.81. The molecule has 0 aliphatic carbocycles. The summed E-state index contributed by atoms with van der Waals surface area (Å²) in [7, 11) is 0. The molecule has 4 aromatic rings. The van der Waals surface area contributed by atoms with E-state index in [-0.39, 0.29) is 17.2 Å². The van der Waals surface area contributed by atoms with Gasteiger partial charge in [0, 0.05) is 28.4 Å². The molecule has 4 rings (SSSR count). The average Bonchev–Trinajstić information content (AvgIpc) is 3.22.